The Morgan fingerprint density at radius 3 is 2.75 bits per heavy atom. The summed E-state index contributed by atoms with van der Waals surface area (Å²) in [6.45, 7) is 3.65. The summed E-state index contributed by atoms with van der Waals surface area (Å²) in [5.74, 6) is 0.824. The Kier molecular flexibility index (Phi) is 6.59. The average Bonchev–Trinajstić information content (AvgIpc) is 3.05. The maximum Gasteiger partial charge on any atom is 0.137 e. The quantitative estimate of drug-likeness (QED) is 0.942. The molecule has 4 nitrogen and oxygen atoms in total. The van der Waals surface area contributed by atoms with Crippen molar-refractivity contribution in [3.63, 3.8) is 0 Å². The Morgan fingerprint density at radius 2 is 2.05 bits per heavy atom. The van der Waals surface area contributed by atoms with E-state index >= 15 is 0 Å². The summed E-state index contributed by atoms with van der Waals surface area (Å²) in [6.07, 6.45) is 7.61. The van der Waals surface area contributed by atoms with Crippen molar-refractivity contribution in [2.24, 2.45) is 0 Å². The van der Waals surface area contributed by atoms with Gasteiger partial charge in [0.2, 0.25) is 0 Å². The van der Waals surface area contributed by atoms with Crippen molar-refractivity contribution >= 4 is 35.8 Å². The van der Waals surface area contributed by atoms with Crippen LogP contribution >= 0.6 is 24.8 Å². The molecular formula is C14H21Cl2N3O. The van der Waals surface area contributed by atoms with Crippen molar-refractivity contribution in [3.8, 4) is 5.75 Å². The van der Waals surface area contributed by atoms with Gasteiger partial charge in [-0.05, 0) is 44.0 Å². The molecule has 112 valence electrons. The van der Waals surface area contributed by atoms with Crippen molar-refractivity contribution in [1.29, 1.82) is 0 Å². The van der Waals surface area contributed by atoms with Gasteiger partial charge in [0.1, 0.15) is 11.4 Å². The average molecular weight is 318 g/mol. The molecule has 0 aliphatic carbocycles. The van der Waals surface area contributed by atoms with Gasteiger partial charge in [-0.1, -0.05) is 0 Å². The van der Waals surface area contributed by atoms with E-state index in [1.165, 1.54) is 36.9 Å². The van der Waals surface area contributed by atoms with E-state index in [1.807, 2.05) is 0 Å². The molecule has 0 atom stereocenters. The van der Waals surface area contributed by atoms with Gasteiger partial charge < -0.3 is 14.6 Å². The SMILES string of the molecule is COc1cnc2[nH]cc(CCN3CCCC3)c2c1.Cl.Cl. The van der Waals surface area contributed by atoms with E-state index in [9.17, 15) is 0 Å². The van der Waals surface area contributed by atoms with Gasteiger partial charge in [-0.2, -0.15) is 0 Å². The summed E-state index contributed by atoms with van der Waals surface area (Å²) in [5.41, 5.74) is 2.29. The molecule has 1 aliphatic rings. The number of pyridine rings is 1. The summed E-state index contributed by atoms with van der Waals surface area (Å²) in [6, 6.07) is 2.07. The first-order valence-electron chi connectivity index (χ1n) is 6.59. The smallest absolute Gasteiger partial charge is 0.137 e. The van der Waals surface area contributed by atoms with Crippen LogP contribution in [0.4, 0.5) is 0 Å². The normalized spacial score (nSPS) is 14.8. The molecular weight excluding hydrogens is 297 g/mol. The molecule has 20 heavy (non-hydrogen) atoms. The van der Waals surface area contributed by atoms with Crippen LogP contribution in [0.15, 0.2) is 18.5 Å². The van der Waals surface area contributed by atoms with Crippen LogP contribution in [0.2, 0.25) is 0 Å². The van der Waals surface area contributed by atoms with E-state index in [1.54, 1.807) is 13.3 Å². The minimum atomic E-state index is 0. The number of aromatic nitrogens is 2. The monoisotopic (exact) mass is 317 g/mol. The van der Waals surface area contributed by atoms with Crippen LogP contribution < -0.4 is 4.74 Å². The third-order valence-corrected chi connectivity index (χ3v) is 3.72. The number of methoxy groups -OCH3 is 1. The van der Waals surface area contributed by atoms with Crippen molar-refractivity contribution in [3.05, 3.63) is 24.0 Å². The number of aromatic amines is 1. The van der Waals surface area contributed by atoms with E-state index in [-0.39, 0.29) is 24.8 Å². The number of nitrogens with one attached hydrogen (secondary N) is 1. The second kappa shape index (κ2) is 7.72. The summed E-state index contributed by atoms with van der Waals surface area (Å²) >= 11 is 0. The summed E-state index contributed by atoms with van der Waals surface area (Å²) in [4.78, 5) is 10.1. The number of likely N-dealkylation sites (tertiary alicyclic amines) is 1. The van der Waals surface area contributed by atoms with E-state index < -0.39 is 0 Å². The summed E-state index contributed by atoms with van der Waals surface area (Å²) in [7, 11) is 1.68. The summed E-state index contributed by atoms with van der Waals surface area (Å²) < 4.78 is 5.24. The first kappa shape index (κ1) is 17.1. The van der Waals surface area contributed by atoms with Crippen molar-refractivity contribution in [2.75, 3.05) is 26.7 Å². The molecule has 0 saturated carbocycles. The zero-order valence-electron chi connectivity index (χ0n) is 11.6. The molecule has 0 bridgehead atoms. The highest BCUT2D eigenvalue weighted by Gasteiger charge is 2.12. The predicted octanol–water partition coefficient (Wildman–Crippen LogP) is 3.05. The maximum absolute atomic E-state index is 5.24. The fraction of sp³-hybridized carbons (Fsp3) is 0.500. The summed E-state index contributed by atoms with van der Waals surface area (Å²) in [5, 5.41) is 1.19. The van der Waals surface area contributed by atoms with Crippen LogP contribution in [-0.4, -0.2) is 41.6 Å². The number of hydrogen-bond donors (Lipinski definition) is 1. The first-order chi connectivity index (χ1) is 8.86. The highest BCUT2D eigenvalue weighted by molar-refractivity contribution is 5.85. The topological polar surface area (TPSA) is 41.1 Å². The lowest BCUT2D eigenvalue weighted by Gasteiger charge is -2.13. The predicted molar refractivity (Wildman–Crippen MR) is 86.5 cm³/mol. The largest absolute Gasteiger partial charge is 0.495 e. The molecule has 0 amide bonds. The van der Waals surface area contributed by atoms with Crippen LogP contribution in [0, 0.1) is 0 Å². The van der Waals surface area contributed by atoms with Gasteiger partial charge in [0.15, 0.2) is 0 Å². The molecule has 6 heteroatoms. The molecule has 2 aromatic rings. The number of fused-ring (bicyclic) bond motifs is 1. The molecule has 1 fully saturated rings. The van der Waals surface area contributed by atoms with Gasteiger partial charge in [0.05, 0.1) is 13.3 Å². The molecule has 1 N–H and O–H groups in total. The van der Waals surface area contributed by atoms with Crippen LogP contribution in [0.3, 0.4) is 0 Å². The number of nitrogens with zero attached hydrogens (tertiary/aromatic N) is 2. The lowest BCUT2D eigenvalue weighted by Crippen LogP contribution is -2.21. The molecule has 2 aromatic heterocycles. The minimum Gasteiger partial charge on any atom is -0.495 e. The van der Waals surface area contributed by atoms with Gasteiger partial charge >= 0.3 is 0 Å². The zero-order chi connectivity index (χ0) is 12.4. The van der Waals surface area contributed by atoms with Crippen molar-refractivity contribution in [2.45, 2.75) is 19.3 Å². The third-order valence-electron chi connectivity index (χ3n) is 3.72. The highest BCUT2D eigenvalue weighted by Crippen LogP contribution is 2.22. The van der Waals surface area contributed by atoms with Crippen LogP contribution in [-0.2, 0) is 6.42 Å². The van der Waals surface area contributed by atoms with Crippen LogP contribution in [0.5, 0.6) is 5.75 Å². The molecule has 3 rings (SSSR count). The van der Waals surface area contributed by atoms with Gasteiger partial charge in [-0.25, -0.2) is 4.98 Å². The molecule has 0 aromatic carbocycles. The molecule has 0 spiro atoms. The first-order valence-corrected chi connectivity index (χ1v) is 6.59. The third kappa shape index (κ3) is 3.57. The highest BCUT2D eigenvalue weighted by atomic mass is 35.5. The van der Waals surface area contributed by atoms with E-state index in [4.69, 9.17) is 4.74 Å². The van der Waals surface area contributed by atoms with Crippen LogP contribution in [0.25, 0.3) is 11.0 Å². The Morgan fingerprint density at radius 1 is 1.30 bits per heavy atom. The Bertz CT molecular complexity index is 538. The Balaban J connectivity index is 0.000001000. The molecule has 0 unspecified atom stereocenters. The van der Waals surface area contributed by atoms with E-state index in [2.05, 4.69) is 27.1 Å². The fourth-order valence-electron chi connectivity index (χ4n) is 2.64. The fourth-order valence-corrected chi connectivity index (χ4v) is 2.64. The zero-order valence-corrected chi connectivity index (χ0v) is 13.2. The van der Waals surface area contributed by atoms with E-state index in [0.29, 0.717) is 0 Å². The number of halogens is 2. The van der Waals surface area contributed by atoms with E-state index in [0.717, 1.165) is 24.4 Å². The van der Waals surface area contributed by atoms with Gasteiger partial charge in [0.25, 0.3) is 0 Å². The van der Waals surface area contributed by atoms with Gasteiger partial charge in [-0.3, -0.25) is 0 Å². The molecule has 1 aliphatic heterocycles. The second-order valence-electron chi connectivity index (χ2n) is 4.88. The Labute approximate surface area is 131 Å². The van der Waals surface area contributed by atoms with Gasteiger partial charge in [0, 0.05) is 18.1 Å². The number of ether oxygens (including phenoxy) is 1. The standard InChI is InChI=1S/C14H19N3O.2ClH/c1-18-12-8-13-11(9-15-14(13)16-10-12)4-7-17-5-2-3-6-17;;/h8-10H,2-7H2,1H3,(H,15,16);2*1H. The Hall–Kier alpha value is -0.970. The lowest BCUT2D eigenvalue weighted by molar-refractivity contribution is 0.344. The molecule has 1 saturated heterocycles. The number of rotatable bonds is 4. The van der Waals surface area contributed by atoms with Gasteiger partial charge in [-0.15, -0.1) is 24.8 Å². The minimum absolute atomic E-state index is 0. The number of H-pyrrole nitrogens is 1. The maximum atomic E-state index is 5.24. The lowest BCUT2D eigenvalue weighted by atomic mass is 10.1. The van der Waals surface area contributed by atoms with Crippen molar-refractivity contribution in [1.82, 2.24) is 14.9 Å². The van der Waals surface area contributed by atoms with Crippen molar-refractivity contribution < 1.29 is 4.74 Å². The molecule has 3 heterocycles. The second-order valence-corrected chi connectivity index (χ2v) is 4.88. The molecule has 0 radical (unpaired) electrons. The van der Waals surface area contributed by atoms with Crippen LogP contribution in [0.1, 0.15) is 18.4 Å². The number of hydrogen-bond acceptors (Lipinski definition) is 3.